The molecule has 0 unspecified atom stereocenters. The zero-order chi connectivity index (χ0) is 16.1. The maximum absolute atomic E-state index is 12.7. The number of nitrogens with one attached hydrogen (secondary N) is 1. The van der Waals surface area contributed by atoms with E-state index in [1.807, 2.05) is 31.2 Å². The van der Waals surface area contributed by atoms with Crippen molar-refractivity contribution >= 4 is 28.6 Å². The average Bonchev–Trinajstić information content (AvgIpc) is 3.25. The van der Waals surface area contributed by atoms with Gasteiger partial charge in [0.1, 0.15) is 6.54 Å². The molecule has 1 aliphatic heterocycles. The van der Waals surface area contributed by atoms with Gasteiger partial charge in [-0.05, 0) is 25.8 Å². The highest BCUT2D eigenvalue weighted by atomic mass is 16.2. The van der Waals surface area contributed by atoms with E-state index < -0.39 is 0 Å². The third-order valence-electron chi connectivity index (χ3n) is 4.55. The number of hydrogen-bond donors (Lipinski definition) is 1. The fourth-order valence-electron chi connectivity index (χ4n) is 3.25. The minimum atomic E-state index is -0.330. The molecule has 1 aliphatic carbocycles. The number of Topliss-reactive ketones (excluding diaryl/α,β-unsaturated/α-hetero) is 1. The molecule has 0 atom stereocenters. The number of amides is 3. The van der Waals surface area contributed by atoms with Gasteiger partial charge in [0, 0.05) is 28.2 Å². The van der Waals surface area contributed by atoms with Crippen molar-refractivity contribution in [3.63, 3.8) is 0 Å². The number of nitrogens with zero attached hydrogens (tertiary/aromatic N) is 2. The summed E-state index contributed by atoms with van der Waals surface area (Å²) in [5.41, 5.74) is 2.20. The van der Waals surface area contributed by atoms with Crippen molar-refractivity contribution in [3.8, 4) is 0 Å². The van der Waals surface area contributed by atoms with Gasteiger partial charge in [-0.25, -0.2) is 4.79 Å². The lowest BCUT2D eigenvalue weighted by molar-refractivity contribution is -0.125. The van der Waals surface area contributed by atoms with Crippen molar-refractivity contribution in [2.24, 2.45) is 0 Å². The Morgan fingerprint density at radius 1 is 1.26 bits per heavy atom. The maximum atomic E-state index is 12.7. The van der Waals surface area contributed by atoms with Crippen LogP contribution in [-0.4, -0.2) is 51.6 Å². The first kappa shape index (κ1) is 14.0. The Labute approximate surface area is 133 Å². The van der Waals surface area contributed by atoms with E-state index in [1.165, 1.54) is 0 Å². The van der Waals surface area contributed by atoms with Crippen LogP contribution in [-0.2, 0) is 4.79 Å². The van der Waals surface area contributed by atoms with Crippen molar-refractivity contribution in [1.82, 2.24) is 14.8 Å². The van der Waals surface area contributed by atoms with Gasteiger partial charge in [-0.15, -0.1) is 0 Å². The molecule has 3 amide bonds. The van der Waals surface area contributed by atoms with Crippen molar-refractivity contribution in [3.05, 3.63) is 35.5 Å². The summed E-state index contributed by atoms with van der Waals surface area (Å²) in [7, 11) is 0. The molecule has 2 heterocycles. The molecule has 2 aromatic rings. The number of carbonyl (C=O) groups excluding carboxylic acids is 3. The Hall–Kier alpha value is -2.63. The minimum absolute atomic E-state index is 0.101. The Morgan fingerprint density at radius 3 is 2.74 bits per heavy atom. The molecule has 1 aromatic carbocycles. The van der Waals surface area contributed by atoms with Crippen molar-refractivity contribution in [2.75, 3.05) is 13.1 Å². The number of aryl methyl sites for hydroxylation is 1. The second-order valence-electron chi connectivity index (χ2n) is 6.22. The number of H-pyrrole nitrogens is 1. The summed E-state index contributed by atoms with van der Waals surface area (Å²) in [5.74, 6) is -0.493. The van der Waals surface area contributed by atoms with Crippen LogP contribution in [0.2, 0.25) is 0 Å². The van der Waals surface area contributed by atoms with Gasteiger partial charge in [0.15, 0.2) is 5.78 Å². The Kier molecular flexibility index (Phi) is 3.01. The Morgan fingerprint density at radius 2 is 2.00 bits per heavy atom. The number of rotatable bonds is 4. The van der Waals surface area contributed by atoms with Gasteiger partial charge in [0.05, 0.1) is 6.54 Å². The molecule has 0 radical (unpaired) electrons. The number of urea groups is 1. The highest BCUT2D eigenvalue weighted by Crippen LogP contribution is 2.30. The van der Waals surface area contributed by atoms with Gasteiger partial charge in [-0.2, -0.15) is 0 Å². The van der Waals surface area contributed by atoms with Crippen LogP contribution in [0.5, 0.6) is 0 Å². The summed E-state index contributed by atoms with van der Waals surface area (Å²) in [5, 5.41) is 0.827. The van der Waals surface area contributed by atoms with Gasteiger partial charge < -0.3 is 9.88 Å². The molecule has 6 heteroatoms. The van der Waals surface area contributed by atoms with E-state index in [0.29, 0.717) is 5.56 Å². The molecular formula is C17H17N3O3. The summed E-state index contributed by atoms with van der Waals surface area (Å²) < 4.78 is 0. The highest BCUT2D eigenvalue weighted by Gasteiger charge is 2.44. The number of para-hydroxylation sites is 1. The molecule has 1 saturated carbocycles. The zero-order valence-electron chi connectivity index (χ0n) is 12.8. The van der Waals surface area contributed by atoms with Crippen molar-refractivity contribution in [2.45, 2.75) is 25.8 Å². The molecule has 2 fully saturated rings. The molecule has 1 aromatic heterocycles. The number of imide groups is 1. The fraction of sp³-hybridized carbons (Fsp3) is 0.353. The lowest BCUT2D eigenvalue weighted by atomic mass is 10.1. The first-order chi connectivity index (χ1) is 11.1. The summed E-state index contributed by atoms with van der Waals surface area (Å²) in [4.78, 5) is 42.9. The van der Waals surface area contributed by atoms with Crippen molar-refractivity contribution < 1.29 is 14.4 Å². The quantitative estimate of drug-likeness (QED) is 0.694. The second kappa shape index (κ2) is 4.94. The van der Waals surface area contributed by atoms with E-state index in [1.54, 1.807) is 4.90 Å². The number of carbonyl (C=O) groups is 3. The zero-order valence-corrected chi connectivity index (χ0v) is 12.8. The standard InChI is InChI=1S/C17H17N3O3/c1-10-16(12-4-2-3-5-13(12)18-10)14(21)8-20-15(22)9-19(17(20)23)11-6-7-11/h2-5,11,18H,6-9H2,1H3. The number of aromatic nitrogens is 1. The SMILES string of the molecule is Cc1[nH]c2ccccc2c1C(=O)CN1C(=O)CN(C2CC2)C1=O. The first-order valence-electron chi connectivity index (χ1n) is 7.77. The van der Waals surface area contributed by atoms with Crippen LogP contribution in [0.1, 0.15) is 28.9 Å². The van der Waals surface area contributed by atoms with E-state index in [9.17, 15) is 14.4 Å². The number of ketones is 1. The summed E-state index contributed by atoms with van der Waals surface area (Å²) in [6.07, 6.45) is 1.89. The lowest BCUT2D eigenvalue weighted by Gasteiger charge is -2.15. The van der Waals surface area contributed by atoms with E-state index in [-0.39, 0.29) is 36.9 Å². The molecular weight excluding hydrogens is 294 g/mol. The highest BCUT2D eigenvalue weighted by molar-refractivity contribution is 6.13. The number of aromatic amines is 1. The van der Waals surface area contributed by atoms with Gasteiger partial charge >= 0.3 is 6.03 Å². The number of fused-ring (bicyclic) bond motifs is 1. The van der Waals surface area contributed by atoms with Crippen molar-refractivity contribution in [1.29, 1.82) is 0 Å². The molecule has 0 bridgehead atoms. The Balaban J connectivity index is 1.61. The molecule has 6 nitrogen and oxygen atoms in total. The topological polar surface area (TPSA) is 73.5 Å². The maximum Gasteiger partial charge on any atom is 0.327 e. The van der Waals surface area contributed by atoms with Gasteiger partial charge in [-0.3, -0.25) is 14.5 Å². The van der Waals surface area contributed by atoms with Gasteiger partial charge in [-0.1, -0.05) is 18.2 Å². The predicted octanol–water partition coefficient (Wildman–Crippen LogP) is 2.09. The lowest BCUT2D eigenvalue weighted by Crippen LogP contribution is -2.37. The monoisotopic (exact) mass is 311 g/mol. The molecule has 118 valence electrons. The first-order valence-corrected chi connectivity index (χ1v) is 7.77. The van der Waals surface area contributed by atoms with Crippen LogP contribution in [0, 0.1) is 6.92 Å². The molecule has 2 aliphatic rings. The summed E-state index contributed by atoms with van der Waals surface area (Å²) in [6.45, 7) is 1.74. The van der Waals surface area contributed by atoms with Crippen LogP contribution >= 0.6 is 0 Å². The van der Waals surface area contributed by atoms with Crippen LogP contribution in [0.3, 0.4) is 0 Å². The summed E-state index contributed by atoms with van der Waals surface area (Å²) in [6, 6.07) is 7.39. The average molecular weight is 311 g/mol. The van der Waals surface area contributed by atoms with Gasteiger partial charge in [0.2, 0.25) is 0 Å². The molecule has 1 saturated heterocycles. The van der Waals surface area contributed by atoms with Crippen LogP contribution in [0.25, 0.3) is 10.9 Å². The van der Waals surface area contributed by atoms with Gasteiger partial charge in [0.25, 0.3) is 5.91 Å². The largest absolute Gasteiger partial charge is 0.358 e. The normalized spacial score (nSPS) is 18.3. The van der Waals surface area contributed by atoms with Crippen LogP contribution in [0.15, 0.2) is 24.3 Å². The Bertz CT molecular complexity index is 835. The minimum Gasteiger partial charge on any atom is -0.358 e. The summed E-state index contributed by atoms with van der Waals surface area (Å²) >= 11 is 0. The van der Waals surface area contributed by atoms with Crippen LogP contribution in [0.4, 0.5) is 4.79 Å². The molecule has 23 heavy (non-hydrogen) atoms. The third-order valence-corrected chi connectivity index (χ3v) is 4.55. The molecule has 1 N–H and O–H groups in total. The van der Waals surface area contributed by atoms with E-state index in [4.69, 9.17) is 0 Å². The van der Waals surface area contributed by atoms with E-state index in [2.05, 4.69) is 4.98 Å². The number of benzene rings is 1. The second-order valence-corrected chi connectivity index (χ2v) is 6.22. The predicted molar refractivity (Wildman–Crippen MR) is 84.2 cm³/mol. The van der Waals surface area contributed by atoms with E-state index >= 15 is 0 Å². The molecule has 4 rings (SSSR count). The fourth-order valence-corrected chi connectivity index (χ4v) is 3.25. The van der Waals surface area contributed by atoms with Crippen LogP contribution < -0.4 is 0 Å². The molecule has 0 spiro atoms. The number of hydrogen-bond acceptors (Lipinski definition) is 3. The van der Waals surface area contributed by atoms with E-state index in [0.717, 1.165) is 34.3 Å². The third kappa shape index (κ3) is 2.21. The smallest absolute Gasteiger partial charge is 0.327 e.